The summed E-state index contributed by atoms with van der Waals surface area (Å²) in [5.74, 6) is 0.406. The summed E-state index contributed by atoms with van der Waals surface area (Å²) >= 11 is 7.61. The van der Waals surface area contributed by atoms with Crippen molar-refractivity contribution in [2.24, 2.45) is 11.0 Å². The zero-order chi connectivity index (χ0) is 22.9. The highest BCUT2D eigenvalue weighted by Crippen LogP contribution is 2.35. The summed E-state index contributed by atoms with van der Waals surface area (Å²) in [6.07, 6.45) is 4.99. The molecule has 0 fully saturated rings. The van der Waals surface area contributed by atoms with E-state index in [0.717, 1.165) is 36.1 Å². The molecule has 0 spiro atoms. The van der Waals surface area contributed by atoms with Gasteiger partial charge in [-0.2, -0.15) is 5.10 Å². The third-order valence-electron chi connectivity index (χ3n) is 6.16. The molecule has 2 aromatic heterocycles. The maximum atomic E-state index is 13.1. The second-order valence-corrected chi connectivity index (χ2v) is 9.90. The van der Waals surface area contributed by atoms with Gasteiger partial charge in [-0.15, -0.1) is 11.3 Å². The molecule has 3 heterocycles. The van der Waals surface area contributed by atoms with E-state index < -0.39 is 17.9 Å². The predicted octanol–water partition coefficient (Wildman–Crippen LogP) is 5.65. The first kappa shape index (κ1) is 21.9. The van der Waals surface area contributed by atoms with Crippen LogP contribution in [-0.4, -0.2) is 29.2 Å². The van der Waals surface area contributed by atoms with Gasteiger partial charge in [-0.25, -0.2) is 9.80 Å². The lowest BCUT2D eigenvalue weighted by Crippen LogP contribution is -2.31. The minimum Gasteiger partial charge on any atom is -0.467 e. The van der Waals surface area contributed by atoms with Crippen molar-refractivity contribution in [2.75, 3.05) is 6.61 Å². The maximum Gasteiger partial charge on any atom is 0.339 e. The first-order valence-corrected chi connectivity index (χ1v) is 12.2. The molecule has 1 aliphatic carbocycles. The molecule has 5 rings (SSSR count). The number of carbonyl (C=O) groups is 2. The molecule has 8 heteroatoms. The molecule has 1 aliphatic heterocycles. The van der Waals surface area contributed by atoms with Crippen LogP contribution in [0.2, 0.25) is 5.02 Å². The number of hydrogen-bond donors (Lipinski definition) is 0. The lowest BCUT2D eigenvalue weighted by atomic mass is 9.88. The van der Waals surface area contributed by atoms with E-state index in [1.54, 1.807) is 35.8 Å². The number of hydrogen-bond acceptors (Lipinski definition) is 6. The van der Waals surface area contributed by atoms with Gasteiger partial charge in [0.2, 0.25) is 0 Å². The summed E-state index contributed by atoms with van der Waals surface area (Å²) in [4.78, 5) is 27.1. The lowest BCUT2D eigenvalue weighted by Gasteiger charge is -2.20. The number of benzene rings is 1. The molecule has 170 valence electrons. The SMILES string of the molecule is C[C@H]1CCc2c(C(=O)OCC(=O)N3N=C(c4ccc(Cl)cc4)C[C@H]3c3ccco3)csc2C1. The number of fused-ring (bicyclic) bond motifs is 1. The Bertz CT molecular complexity index is 1200. The Morgan fingerprint density at radius 2 is 2.06 bits per heavy atom. The van der Waals surface area contributed by atoms with Gasteiger partial charge < -0.3 is 9.15 Å². The highest BCUT2D eigenvalue weighted by molar-refractivity contribution is 7.10. The number of thiophene rings is 1. The number of rotatable bonds is 5. The van der Waals surface area contributed by atoms with E-state index >= 15 is 0 Å². The van der Waals surface area contributed by atoms with Crippen molar-refractivity contribution in [1.82, 2.24) is 5.01 Å². The fraction of sp³-hybridized carbons (Fsp3) is 0.320. The minimum atomic E-state index is -0.453. The van der Waals surface area contributed by atoms with Crippen molar-refractivity contribution in [2.45, 2.75) is 38.6 Å². The molecular weight excluding hydrogens is 460 g/mol. The molecule has 0 N–H and O–H groups in total. The molecule has 1 aromatic carbocycles. The Hall–Kier alpha value is -2.90. The molecule has 6 nitrogen and oxygen atoms in total. The van der Waals surface area contributed by atoms with Crippen LogP contribution in [0.5, 0.6) is 0 Å². The van der Waals surface area contributed by atoms with Gasteiger partial charge in [0.15, 0.2) is 6.61 Å². The monoisotopic (exact) mass is 482 g/mol. The van der Waals surface area contributed by atoms with Crippen LogP contribution in [0.4, 0.5) is 0 Å². The topological polar surface area (TPSA) is 72.1 Å². The van der Waals surface area contributed by atoms with Crippen LogP contribution in [0, 0.1) is 5.92 Å². The van der Waals surface area contributed by atoms with Crippen molar-refractivity contribution < 1.29 is 18.7 Å². The summed E-state index contributed by atoms with van der Waals surface area (Å²) in [6, 6.07) is 10.5. The zero-order valence-electron chi connectivity index (χ0n) is 18.1. The van der Waals surface area contributed by atoms with Crippen molar-refractivity contribution in [3.63, 3.8) is 0 Å². The molecular formula is C25H23ClN2O4S. The molecule has 0 radical (unpaired) electrons. The molecule has 1 amide bonds. The minimum absolute atomic E-state index is 0.380. The first-order valence-electron chi connectivity index (χ1n) is 10.9. The normalized spacial score (nSPS) is 19.8. The van der Waals surface area contributed by atoms with Crippen molar-refractivity contribution >= 4 is 40.5 Å². The summed E-state index contributed by atoms with van der Waals surface area (Å²) in [5, 5.41) is 8.40. The van der Waals surface area contributed by atoms with Crippen molar-refractivity contribution in [3.8, 4) is 0 Å². The Morgan fingerprint density at radius 3 is 2.82 bits per heavy atom. The van der Waals surface area contributed by atoms with Crippen LogP contribution in [0.25, 0.3) is 0 Å². The Kier molecular flexibility index (Phi) is 6.08. The molecule has 3 aromatic rings. The van der Waals surface area contributed by atoms with E-state index in [1.807, 2.05) is 23.6 Å². The number of carbonyl (C=O) groups excluding carboxylic acids is 2. The van der Waals surface area contributed by atoms with Crippen LogP contribution in [-0.2, 0) is 22.4 Å². The number of hydrazone groups is 1. The van der Waals surface area contributed by atoms with Gasteiger partial charge in [0.1, 0.15) is 11.8 Å². The van der Waals surface area contributed by atoms with Gasteiger partial charge in [0.25, 0.3) is 5.91 Å². The standard InChI is InChI=1S/C25H23ClN2O4S/c1-15-4-9-18-19(14-33-23(18)11-15)25(30)32-13-24(29)28-21(22-3-2-10-31-22)12-20(27-28)16-5-7-17(26)8-6-16/h2-3,5-8,10,14-15,21H,4,9,11-13H2,1H3/t15-,21-/m0/s1. The van der Waals surface area contributed by atoms with Crippen LogP contribution in [0.1, 0.15) is 57.9 Å². The van der Waals surface area contributed by atoms with Crippen LogP contribution in [0.15, 0.2) is 57.6 Å². The summed E-state index contributed by atoms with van der Waals surface area (Å²) in [6.45, 7) is 1.85. The van der Waals surface area contributed by atoms with Crippen molar-refractivity contribution in [1.29, 1.82) is 0 Å². The number of esters is 1. The zero-order valence-corrected chi connectivity index (χ0v) is 19.7. The molecule has 0 bridgehead atoms. The quantitative estimate of drug-likeness (QED) is 0.440. The summed E-state index contributed by atoms with van der Waals surface area (Å²) in [5.41, 5.74) is 3.29. The number of halogens is 1. The fourth-order valence-electron chi connectivity index (χ4n) is 4.38. The van der Waals surface area contributed by atoms with E-state index in [-0.39, 0.29) is 6.61 Å². The molecule has 0 unspecified atom stereocenters. The van der Waals surface area contributed by atoms with Gasteiger partial charge in [-0.3, -0.25) is 4.79 Å². The van der Waals surface area contributed by atoms with Gasteiger partial charge in [-0.05, 0) is 60.6 Å². The Morgan fingerprint density at radius 1 is 1.24 bits per heavy atom. The summed E-state index contributed by atoms with van der Waals surface area (Å²) in [7, 11) is 0. The first-order chi connectivity index (χ1) is 16.0. The van der Waals surface area contributed by atoms with Crippen LogP contribution < -0.4 is 0 Å². The molecule has 0 saturated carbocycles. The van der Waals surface area contributed by atoms with E-state index in [0.29, 0.717) is 28.7 Å². The highest BCUT2D eigenvalue weighted by Gasteiger charge is 2.35. The predicted molar refractivity (Wildman–Crippen MR) is 127 cm³/mol. The molecule has 2 aliphatic rings. The maximum absolute atomic E-state index is 13.1. The van der Waals surface area contributed by atoms with Crippen molar-refractivity contribution in [3.05, 3.63) is 80.4 Å². The second kappa shape index (κ2) is 9.15. The number of furan rings is 1. The fourth-order valence-corrected chi connectivity index (χ4v) is 5.74. The van der Waals surface area contributed by atoms with Gasteiger partial charge in [-0.1, -0.05) is 30.7 Å². The number of amides is 1. The van der Waals surface area contributed by atoms with E-state index in [2.05, 4.69) is 12.0 Å². The average Bonchev–Trinajstić information content (AvgIpc) is 3.56. The Labute approximate surface area is 200 Å². The second-order valence-electron chi connectivity index (χ2n) is 8.50. The molecule has 2 atom stereocenters. The van der Waals surface area contributed by atoms with Crippen LogP contribution >= 0.6 is 22.9 Å². The van der Waals surface area contributed by atoms with E-state index in [9.17, 15) is 9.59 Å². The third kappa shape index (κ3) is 4.48. The largest absolute Gasteiger partial charge is 0.467 e. The average molecular weight is 483 g/mol. The lowest BCUT2D eigenvalue weighted by molar-refractivity contribution is -0.136. The van der Waals surface area contributed by atoms with Gasteiger partial charge >= 0.3 is 5.97 Å². The number of ether oxygens (including phenoxy) is 1. The van der Waals surface area contributed by atoms with E-state index in [4.69, 9.17) is 20.8 Å². The number of nitrogens with zero attached hydrogens (tertiary/aromatic N) is 2. The highest BCUT2D eigenvalue weighted by atomic mass is 35.5. The molecule has 0 saturated heterocycles. The molecule has 33 heavy (non-hydrogen) atoms. The van der Waals surface area contributed by atoms with Crippen LogP contribution in [0.3, 0.4) is 0 Å². The third-order valence-corrected chi connectivity index (χ3v) is 7.47. The van der Waals surface area contributed by atoms with Gasteiger partial charge in [0, 0.05) is 21.7 Å². The Balaban J connectivity index is 1.31. The summed E-state index contributed by atoms with van der Waals surface area (Å²) < 4.78 is 11.0. The van der Waals surface area contributed by atoms with Gasteiger partial charge in [0.05, 0.1) is 17.5 Å². The smallest absolute Gasteiger partial charge is 0.339 e. The van der Waals surface area contributed by atoms with E-state index in [1.165, 1.54) is 9.89 Å².